The van der Waals surface area contributed by atoms with Crippen LogP contribution in [0.3, 0.4) is 0 Å². The summed E-state index contributed by atoms with van der Waals surface area (Å²) in [6.45, 7) is 0.255. The predicted molar refractivity (Wildman–Crippen MR) is 93.2 cm³/mol. The quantitative estimate of drug-likeness (QED) is 0.820. The molecule has 1 aliphatic heterocycles. The molecule has 0 N–H and O–H groups in total. The predicted octanol–water partition coefficient (Wildman–Crippen LogP) is 2.58. The molecule has 0 saturated carbocycles. The molecule has 5 nitrogen and oxygen atoms in total. The summed E-state index contributed by atoms with van der Waals surface area (Å²) in [6, 6.07) is 11.1. The average molecular weight is 362 g/mol. The fourth-order valence-corrected chi connectivity index (χ4v) is 4.85. The van der Waals surface area contributed by atoms with Crippen molar-refractivity contribution in [1.82, 2.24) is 4.98 Å². The Bertz CT molecular complexity index is 838. The first-order valence-corrected chi connectivity index (χ1v) is 9.91. The molecule has 0 unspecified atom stereocenters. The fraction of sp³-hybridized carbons (Fsp3) is 0.333. The molecular weight excluding hydrogens is 343 g/mol. The molecule has 0 radical (unpaired) electrons. The van der Waals surface area contributed by atoms with Crippen molar-refractivity contribution in [2.75, 3.05) is 16.4 Å². The van der Waals surface area contributed by atoms with Gasteiger partial charge in [0, 0.05) is 18.3 Å². The van der Waals surface area contributed by atoms with Gasteiger partial charge < -0.3 is 4.90 Å². The van der Waals surface area contributed by atoms with Crippen LogP contribution in [0.15, 0.2) is 48.7 Å². The van der Waals surface area contributed by atoms with Gasteiger partial charge >= 0.3 is 0 Å². The molecule has 3 rings (SSSR count). The second kappa shape index (κ2) is 7.31. The van der Waals surface area contributed by atoms with Gasteiger partial charge in [0.15, 0.2) is 9.84 Å². The minimum atomic E-state index is -3.03. The Kier molecular flexibility index (Phi) is 5.13. The van der Waals surface area contributed by atoms with E-state index >= 15 is 0 Å². The van der Waals surface area contributed by atoms with Crippen LogP contribution in [0.5, 0.6) is 0 Å². The standard InChI is InChI=1S/C18H19FN2O3S/c19-15-4-6-17(7-5-15)21(12-16-3-1-2-9-20-16)18(22)11-14-8-10-25(23,24)13-14/h1-7,9,14H,8,10-13H2/t14-/m0/s1. The molecule has 0 bridgehead atoms. The van der Waals surface area contributed by atoms with Gasteiger partial charge in [-0.2, -0.15) is 0 Å². The number of sulfone groups is 1. The number of carbonyl (C=O) groups is 1. The largest absolute Gasteiger partial charge is 0.306 e. The second-order valence-electron chi connectivity index (χ2n) is 6.25. The lowest BCUT2D eigenvalue weighted by molar-refractivity contribution is -0.119. The second-order valence-corrected chi connectivity index (χ2v) is 8.48. The van der Waals surface area contributed by atoms with Crippen LogP contribution in [0.2, 0.25) is 0 Å². The van der Waals surface area contributed by atoms with Crippen molar-refractivity contribution in [3.63, 3.8) is 0 Å². The van der Waals surface area contributed by atoms with Crippen LogP contribution in [0.4, 0.5) is 10.1 Å². The van der Waals surface area contributed by atoms with Gasteiger partial charge in [0.1, 0.15) is 5.82 Å². The van der Waals surface area contributed by atoms with Gasteiger partial charge in [-0.1, -0.05) is 6.07 Å². The van der Waals surface area contributed by atoms with Crippen LogP contribution < -0.4 is 4.90 Å². The molecule has 132 valence electrons. The van der Waals surface area contributed by atoms with Crippen LogP contribution in [-0.2, 0) is 21.2 Å². The highest BCUT2D eigenvalue weighted by Gasteiger charge is 2.31. The Hall–Kier alpha value is -2.28. The highest BCUT2D eigenvalue weighted by atomic mass is 32.2. The maximum Gasteiger partial charge on any atom is 0.227 e. The number of nitrogens with zero attached hydrogens (tertiary/aromatic N) is 2. The maximum absolute atomic E-state index is 13.2. The molecule has 2 heterocycles. The molecule has 2 aromatic rings. The molecule has 1 amide bonds. The first-order chi connectivity index (χ1) is 11.9. The number of benzene rings is 1. The van der Waals surface area contributed by atoms with Crippen molar-refractivity contribution < 1.29 is 17.6 Å². The van der Waals surface area contributed by atoms with E-state index in [9.17, 15) is 17.6 Å². The molecule has 1 aromatic carbocycles. The van der Waals surface area contributed by atoms with Crippen LogP contribution in [-0.4, -0.2) is 30.8 Å². The summed E-state index contributed by atoms with van der Waals surface area (Å²) in [5.74, 6) is -0.527. The van der Waals surface area contributed by atoms with E-state index in [1.807, 2.05) is 12.1 Å². The van der Waals surface area contributed by atoms with Gasteiger partial charge in [0.05, 0.1) is 23.7 Å². The van der Waals surface area contributed by atoms with Crippen molar-refractivity contribution in [3.8, 4) is 0 Å². The first kappa shape index (κ1) is 17.5. The lowest BCUT2D eigenvalue weighted by Crippen LogP contribution is -2.32. The van der Waals surface area contributed by atoms with Crippen molar-refractivity contribution >= 4 is 21.4 Å². The number of carbonyl (C=O) groups excluding carboxylic acids is 1. The van der Waals surface area contributed by atoms with Crippen LogP contribution in [0.1, 0.15) is 18.5 Å². The number of pyridine rings is 1. The molecular formula is C18H19FN2O3S. The number of amides is 1. The highest BCUT2D eigenvalue weighted by molar-refractivity contribution is 7.91. The Morgan fingerprint density at radius 3 is 2.56 bits per heavy atom. The summed E-state index contributed by atoms with van der Waals surface area (Å²) in [5, 5.41) is 0. The average Bonchev–Trinajstić information content (AvgIpc) is 2.93. The van der Waals surface area contributed by atoms with Gasteiger partial charge in [-0.15, -0.1) is 0 Å². The minimum Gasteiger partial charge on any atom is -0.306 e. The molecule has 1 aromatic heterocycles. The third-order valence-electron chi connectivity index (χ3n) is 4.28. The van der Waals surface area contributed by atoms with Crippen molar-refractivity contribution in [2.24, 2.45) is 5.92 Å². The summed E-state index contributed by atoms with van der Waals surface area (Å²) in [4.78, 5) is 18.6. The number of aromatic nitrogens is 1. The molecule has 7 heteroatoms. The van der Waals surface area contributed by atoms with Crippen molar-refractivity contribution in [1.29, 1.82) is 0 Å². The molecule has 1 saturated heterocycles. The number of hydrogen-bond donors (Lipinski definition) is 0. The normalized spacial score (nSPS) is 18.8. The van der Waals surface area contributed by atoms with Crippen molar-refractivity contribution in [2.45, 2.75) is 19.4 Å². The zero-order chi connectivity index (χ0) is 17.9. The van der Waals surface area contributed by atoms with Crippen LogP contribution >= 0.6 is 0 Å². The lowest BCUT2D eigenvalue weighted by Gasteiger charge is -2.24. The van der Waals surface area contributed by atoms with E-state index in [4.69, 9.17) is 0 Å². The number of halogens is 1. The first-order valence-electron chi connectivity index (χ1n) is 8.09. The maximum atomic E-state index is 13.2. The topological polar surface area (TPSA) is 67.3 Å². The number of rotatable bonds is 5. The van der Waals surface area contributed by atoms with E-state index in [1.54, 1.807) is 24.4 Å². The Labute approximate surface area is 146 Å². The van der Waals surface area contributed by atoms with E-state index in [1.165, 1.54) is 17.0 Å². The molecule has 0 aliphatic carbocycles. The minimum absolute atomic E-state index is 0.0551. The van der Waals surface area contributed by atoms with Crippen LogP contribution in [0, 0.1) is 11.7 Å². The molecule has 0 spiro atoms. The monoisotopic (exact) mass is 362 g/mol. The molecule has 1 atom stereocenters. The highest BCUT2D eigenvalue weighted by Crippen LogP contribution is 2.25. The van der Waals surface area contributed by atoms with Crippen LogP contribution in [0.25, 0.3) is 0 Å². The van der Waals surface area contributed by atoms with Gasteiger partial charge in [-0.3, -0.25) is 9.78 Å². The fourth-order valence-electron chi connectivity index (χ4n) is 2.99. The Balaban J connectivity index is 1.80. The van der Waals surface area contributed by atoms with E-state index in [-0.39, 0.29) is 42.1 Å². The summed E-state index contributed by atoms with van der Waals surface area (Å²) in [5.41, 5.74) is 1.28. The summed E-state index contributed by atoms with van der Waals surface area (Å²) >= 11 is 0. The molecule has 25 heavy (non-hydrogen) atoms. The number of anilines is 1. The summed E-state index contributed by atoms with van der Waals surface area (Å²) in [7, 11) is -3.03. The van der Waals surface area contributed by atoms with E-state index in [2.05, 4.69) is 4.98 Å². The van der Waals surface area contributed by atoms with Gasteiger partial charge in [-0.05, 0) is 48.7 Å². The number of hydrogen-bond acceptors (Lipinski definition) is 4. The zero-order valence-electron chi connectivity index (χ0n) is 13.6. The zero-order valence-corrected chi connectivity index (χ0v) is 14.5. The van der Waals surface area contributed by atoms with E-state index in [0.29, 0.717) is 17.8 Å². The van der Waals surface area contributed by atoms with E-state index < -0.39 is 9.84 Å². The third kappa shape index (κ3) is 4.63. The van der Waals surface area contributed by atoms with E-state index in [0.717, 1.165) is 0 Å². The van der Waals surface area contributed by atoms with Gasteiger partial charge in [0.2, 0.25) is 5.91 Å². The Morgan fingerprint density at radius 2 is 1.96 bits per heavy atom. The molecule has 1 fully saturated rings. The third-order valence-corrected chi connectivity index (χ3v) is 6.11. The van der Waals surface area contributed by atoms with Crippen molar-refractivity contribution in [3.05, 3.63) is 60.2 Å². The van der Waals surface area contributed by atoms with Gasteiger partial charge in [-0.25, -0.2) is 12.8 Å². The smallest absolute Gasteiger partial charge is 0.227 e. The SMILES string of the molecule is O=C(C[C@@H]1CCS(=O)(=O)C1)N(Cc1ccccn1)c1ccc(F)cc1. The van der Waals surface area contributed by atoms with Gasteiger partial charge in [0.25, 0.3) is 0 Å². The Morgan fingerprint density at radius 1 is 1.20 bits per heavy atom. The summed E-state index contributed by atoms with van der Waals surface area (Å²) < 4.78 is 36.4. The summed E-state index contributed by atoms with van der Waals surface area (Å²) in [6.07, 6.45) is 2.31. The molecule has 1 aliphatic rings. The lowest BCUT2D eigenvalue weighted by atomic mass is 10.0.